The average Bonchev–Trinajstić information content (AvgIpc) is 2.32. The van der Waals surface area contributed by atoms with E-state index in [1.807, 2.05) is 0 Å². The van der Waals surface area contributed by atoms with Crippen LogP contribution < -0.4 is 5.73 Å². The number of hydrogen-bond donors (Lipinski definition) is 1. The number of anilines is 1. The first-order chi connectivity index (χ1) is 9.21. The first-order valence-corrected chi connectivity index (χ1v) is 7.79. The molecule has 0 radical (unpaired) electrons. The molecule has 0 aromatic heterocycles. The number of hydrogen-bond acceptors (Lipinski definition) is 4. The normalized spacial score (nSPS) is 21.8. The minimum atomic E-state index is -3.19. The summed E-state index contributed by atoms with van der Waals surface area (Å²) < 4.78 is 49.9. The van der Waals surface area contributed by atoms with E-state index in [2.05, 4.69) is 0 Å². The first-order valence-electron chi connectivity index (χ1n) is 5.97. The van der Waals surface area contributed by atoms with E-state index in [1.54, 1.807) is 6.92 Å². The fourth-order valence-corrected chi connectivity index (χ4v) is 3.78. The molecule has 0 saturated carbocycles. The van der Waals surface area contributed by atoms with E-state index in [9.17, 15) is 22.0 Å². The lowest BCUT2D eigenvalue weighted by atomic mass is 10.1. The molecule has 0 bridgehead atoms. The number of nitrogens with two attached hydrogens (primary N) is 1. The summed E-state index contributed by atoms with van der Waals surface area (Å²) >= 11 is 0. The molecule has 110 valence electrons. The molecule has 5 nitrogen and oxygen atoms in total. The third kappa shape index (κ3) is 2.74. The zero-order valence-electron chi connectivity index (χ0n) is 10.8. The summed E-state index contributed by atoms with van der Waals surface area (Å²) in [6, 6.07) is 0.963. The van der Waals surface area contributed by atoms with Gasteiger partial charge in [0, 0.05) is 12.6 Å². The molecule has 1 atom stereocenters. The van der Waals surface area contributed by atoms with Gasteiger partial charge in [0.25, 0.3) is 5.91 Å². The summed E-state index contributed by atoms with van der Waals surface area (Å²) in [6.45, 7) is 1.51. The Kier molecular flexibility index (Phi) is 3.68. The quantitative estimate of drug-likeness (QED) is 0.778. The molecule has 1 aliphatic rings. The van der Waals surface area contributed by atoms with E-state index in [0.717, 1.165) is 12.1 Å². The molecule has 1 aromatic carbocycles. The first kappa shape index (κ1) is 14.7. The number of benzene rings is 1. The van der Waals surface area contributed by atoms with Gasteiger partial charge >= 0.3 is 0 Å². The van der Waals surface area contributed by atoms with Crippen molar-refractivity contribution in [3.05, 3.63) is 29.3 Å². The number of carbonyl (C=O) groups excluding carboxylic acids is 1. The number of amides is 1. The van der Waals surface area contributed by atoms with Gasteiger partial charge in [-0.05, 0) is 19.1 Å². The van der Waals surface area contributed by atoms with Crippen molar-refractivity contribution < 1.29 is 22.0 Å². The van der Waals surface area contributed by atoms with Gasteiger partial charge in [0.05, 0.1) is 22.8 Å². The van der Waals surface area contributed by atoms with Crippen LogP contribution in [-0.2, 0) is 9.84 Å². The predicted molar refractivity (Wildman–Crippen MR) is 69.9 cm³/mol. The average molecular weight is 304 g/mol. The van der Waals surface area contributed by atoms with Crippen molar-refractivity contribution in [2.75, 3.05) is 23.8 Å². The molecule has 2 rings (SSSR count). The van der Waals surface area contributed by atoms with Crippen LogP contribution in [0.5, 0.6) is 0 Å². The minimum absolute atomic E-state index is 0.0435. The van der Waals surface area contributed by atoms with Crippen LogP contribution in [0.4, 0.5) is 14.5 Å². The number of nitrogen functional groups attached to an aromatic ring is 1. The Morgan fingerprint density at radius 1 is 1.40 bits per heavy atom. The molecule has 2 N–H and O–H groups in total. The van der Waals surface area contributed by atoms with Crippen molar-refractivity contribution >= 4 is 21.4 Å². The van der Waals surface area contributed by atoms with Gasteiger partial charge in [-0.25, -0.2) is 17.2 Å². The topological polar surface area (TPSA) is 80.5 Å². The smallest absolute Gasteiger partial charge is 0.257 e. The van der Waals surface area contributed by atoms with Crippen LogP contribution in [0.1, 0.15) is 17.3 Å². The Morgan fingerprint density at radius 2 is 2.05 bits per heavy atom. The third-order valence-electron chi connectivity index (χ3n) is 3.23. The summed E-state index contributed by atoms with van der Waals surface area (Å²) in [4.78, 5) is 13.4. The van der Waals surface area contributed by atoms with E-state index in [4.69, 9.17) is 5.73 Å². The molecule has 1 saturated heterocycles. The fourth-order valence-electron chi connectivity index (χ4n) is 2.22. The molecule has 0 aliphatic carbocycles. The fraction of sp³-hybridized carbons (Fsp3) is 0.417. The molecule has 1 unspecified atom stereocenters. The second-order valence-electron chi connectivity index (χ2n) is 4.82. The lowest BCUT2D eigenvalue weighted by molar-refractivity contribution is 0.0707. The maximum Gasteiger partial charge on any atom is 0.257 e. The van der Waals surface area contributed by atoms with E-state index < -0.39 is 44.7 Å². The van der Waals surface area contributed by atoms with Crippen LogP contribution in [0, 0.1) is 11.6 Å². The number of rotatable bonds is 1. The van der Waals surface area contributed by atoms with Crippen molar-refractivity contribution in [2.45, 2.75) is 13.0 Å². The van der Waals surface area contributed by atoms with Crippen LogP contribution in [-0.4, -0.2) is 43.3 Å². The SMILES string of the molecule is CC1CS(=O)(=O)CCN1C(=O)c1cc(F)cc(N)c1F. The lowest BCUT2D eigenvalue weighted by Crippen LogP contribution is -2.50. The second-order valence-corrected chi connectivity index (χ2v) is 7.05. The molecular formula is C12H14F2N2O3S. The lowest BCUT2D eigenvalue weighted by Gasteiger charge is -2.33. The van der Waals surface area contributed by atoms with Gasteiger partial charge in [0.1, 0.15) is 5.82 Å². The Morgan fingerprint density at radius 3 is 2.65 bits per heavy atom. The second kappa shape index (κ2) is 5.01. The summed E-state index contributed by atoms with van der Waals surface area (Å²) in [5.74, 6) is -2.93. The predicted octanol–water partition coefficient (Wildman–Crippen LogP) is 0.806. The van der Waals surface area contributed by atoms with Crippen LogP contribution in [0.15, 0.2) is 12.1 Å². The Hall–Kier alpha value is -1.70. The molecule has 1 heterocycles. The number of halogens is 2. The number of nitrogens with zero attached hydrogens (tertiary/aromatic N) is 1. The molecule has 1 amide bonds. The maximum atomic E-state index is 13.8. The van der Waals surface area contributed by atoms with Crippen molar-refractivity contribution in [1.82, 2.24) is 4.90 Å². The molecular weight excluding hydrogens is 290 g/mol. The van der Waals surface area contributed by atoms with Crippen molar-refractivity contribution in [3.8, 4) is 0 Å². The van der Waals surface area contributed by atoms with Crippen LogP contribution in [0.3, 0.4) is 0 Å². The minimum Gasteiger partial charge on any atom is -0.396 e. The largest absolute Gasteiger partial charge is 0.396 e. The number of sulfone groups is 1. The van der Waals surface area contributed by atoms with E-state index in [-0.39, 0.29) is 18.1 Å². The molecule has 0 spiro atoms. The summed E-state index contributed by atoms with van der Waals surface area (Å²) in [6.07, 6.45) is 0. The highest BCUT2D eigenvalue weighted by Crippen LogP contribution is 2.21. The van der Waals surface area contributed by atoms with E-state index >= 15 is 0 Å². The van der Waals surface area contributed by atoms with Gasteiger partial charge in [-0.3, -0.25) is 4.79 Å². The highest BCUT2D eigenvalue weighted by Gasteiger charge is 2.33. The zero-order valence-corrected chi connectivity index (χ0v) is 11.6. The van der Waals surface area contributed by atoms with Gasteiger partial charge in [-0.2, -0.15) is 0 Å². The van der Waals surface area contributed by atoms with E-state index in [1.165, 1.54) is 4.90 Å². The van der Waals surface area contributed by atoms with Crippen LogP contribution >= 0.6 is 0 Å². The van der Waals surface area contributed by atoms with Gasteiger partial charge in [-0.15, -0.1) is 0 Å². The molecule has 20 heavy (non-hydrogen) atoms. The highest BCUT2D eigenvalue weighted by atomic mass is 32.2. The van der Waals surface area contributed by atoms with Gasteiger partial charge < -0.3 is 10.6 Å². The standard InChI is InChI=1S/C12H14F2N2O3S/c1-7-6-20(18,19)3-2-16(7)12(17)9-4-8(13)5-10(15)11(9)14/h4-5,7H,2-3,6,15H2,1H3. The highest BCUT2D eigenvalue weighted by molar-refractivity contribution is 7.91. The van der Waals surface area contributed by atoms with Crippen LogP contribution in [0.25, 0.3) is 0 Å². The van der Waals surface area contributed by atoms with Crippen molar-refractivity contribution in [1.29, 1.82) is 0 Å². The molecule has 1 aliphatic heterocycles. The molecule has 8 heteroatoms. The monoisotopic (exact) mass is 304 g/mol. The third-order valence-corrected chi connectivity index (χ3v) is 5.02. The van der Waals surface area contributed by atoms with Crippen molar-refractivity contribution in [3.63, 3.8) is 0 Å². The number of carbonyl (C=O) groups is 1. The molecule has 1 aromatic rings. The Labute approximate surface area is 115 Å². The summed E-state index contributed by atoms with van der Waals surface area (Å²) in [7, 11) is -3.19. The zero-order chi connectivity index (χ0) is 15.1. The summed E-state index contributed by atoms with van der Waals surface area (Å²) in [5.41, 5.74) is 4.35. The van der Waals surface area contributed by atoms with Crippen LogP contribution in [0.2, 0.25) is 0 Å². The van der Waals surface area contributed by atoms with Gasteiger partial charge in [0.2, 0.25) is 0 Å². The molecule has 1 fully saturated rings. The Bertz CT molecular complexity index is 661. The van der Waals surface area contributed by atoms with E-state index in [0.29, 0.717) is 0 Å². The summed E-state index contributed by atoms with van der Waals surface area (Å²) in [5, 5.41) is 0. The van der Waals surface area contributed by atoms with Crippen molar-refractivity contribution in [2.24, 2.45) is 0 Å². The van der Waals surface area contributed by atoms with Gasteiger partial charge in [0.15, 0.2) is 15.7 Å². The van der Waals surface area contributed by atoms with Gasteiger partial charge in [-0.1, -0.05) is 0 Å². The maximum absolute atomic E-state index is 13.8. The Balaban J connectivity index is 2.33.